The third-order valence-electron chi connectivity index (χ3n) is 8.63. The second-order valence-corrected chi connectivity index (χ2v) is 13.2. The fourth-order valence-electron chi connectivity index (χ4n) is 5.62. The summed E-state index contributed by atoms with van der Waals surface area (Å²) in [6, 6.07) is 0. The molecular formula is C40H74O6. The molecule has 0 saturated carbocycles. The van der Waals surface area contributed by atoms with Gasteiger partial charge in [0.25, 0.3) is 0 Å². The van der Waals surface area contributed by atoms with Crippen molar-refractivity contribution in [2.24, 2.45) is 0 Å². The summed E-state index contributed by atoms with van der Waals surface area (Å²) in [5.41, 5.74) is 0. The maximum Gasteiger partial charge on any atom is 0.306 e. The first kappa shape index (κ1) is 44.3. The molecule has 0 rings (SSSR count). The van der Waals surface area contributed by atoms with E-state index in [4.69, 9.17) is 9.47 Å². The van der Waals surface area contributed by atoms with Crippen molar-refractivity contribution < 1.29 is 29.3 Å². The molecule has 0 spiro atoms. The van der Waals surface area contributed by atoms with Crippen molar-refractivity contribution in [3.63, 3.8) is 0 Å². The molecule has 0 aliphatic carbocycles. The van der Waals surface area contributed by atoms with Crippen molar-refractivity contribution in [1.29, 1.82) is 0 Å². The smallest absolute Gasteiger partial charge is 0.306 e. The van der Waals surface area contributed by atoms with E-state index in [0.717, 1.165) is 64.2 Å². The van der Waals surface area contributed by atoms with Crippen molar-refractivity contribution in [3.8, 4) is 0 Å². The number of allylic oxidation sites excluding steroid dienone is 4. The molecule has 2 atom stereocenters. The van der Waals surface area contributed by atoms with Crippen LogP contribution in [-0.2, 0) is 19.1 Å². The fraction of sp³-hybridized carbons (Fsp3) is 0.850. The van der Waals surface area contributed by atoms with E-state index in [0.29, 0.717) is 6.42 Å². The first-order valence-electron chi connectivity index (χ1n) is 19.5. The normalized spacial score (nSPS) is 13.2. The fourth-order valence-corrected chi connectivity index (χ4v) is 5.62. The SMILES string of the molecule is CCCCCCCCC=CCCCCCCCC(=O)OC(C)C(OC(=O)CCCCCCCC=CCCCCCCCC)C(O)O. The summed E-state index contributed by atoms with van der Waals surface area (Å²) in [5, 5.41) is 19.5. The molecule has 270 valence electrons. The summed E-state index contributed by atoms with van der Waals surface area (Å²) >= 11 is 0. The maximum absolute atomic E-state index is 12.3. The van der Waals surface area contributed by atoms with Gasteiger partial charge in [0, 0.05) is 12.8 Å². The number of carbonyl (C=O) groups is 2. The van der Waals surface area contributed by atoms with Gasteiger partial charge in [-0.05, 0) is 71.1 Å². The van der Waals surface area contributed by atoms with Gasteiger partial charge in [0.15, 0.2) is 12.4 Å². The monoisotopic (exact) mass is 651 g/mol. The van der Waals surface area contributed by atoms with Crippen molar-refractivity contribution in [2.45, 2.75) is 219 Å². The largest absolute Gasteiger partial charge is 0.458 e. The van der Waals surface area contributed by atoms with Crippen LogP contribution >= 0.6 is 0 Å². The number of esters is 2. The molecular weight excluding hydrogens is 576 g/mol. The van der Waals surface area contributed by atoms with Gasteiger partial charge in [-0.2, -0.15) is 0 Å². The molecule has 2 N–H and O–H groups in total. The number of hydrogen-bond acceptors (Lipinski definition) is 6. The number of hydrogen-bond donors (Lipinski definition) is 2. The van der Waals surface area contributed by atoms with Crippen LogP contribution in [0.25, 0.3) is 0 Å². The molecule has 0 bridgehead atoms. The molecule has 6 nitrogen and oxygen atoms in total. The standard InChI is InChI=1S/C40H74O6/c1-4-6-8-10-12-14-16-18-20-22-24-26-28-30-32-34-37(41)45-36(3)39(40(43)44)46-38(42)35-33-31-29-27-25-23-21-19-17-15-13-11-9-7-5-2/h18-21,36,39-40,43-44H,4-17,22-35H2,1-3H3. The van der Waals surface area contributed by atoms with Crippen LogP contribution in [0.3, 0.4) is 0 Å². The van der Waals surface area contributed by atoms with Crippen LogP contribution in [0.15, 0.2) is 24.3 Å². The average Bonchev–Trinajstić information content (AvgIpc) is 3.03. The molecule has 0 heterocycles. The van der Waals surface area contributed by atoms with Crippen LogP contribution in [0, 0.1) is 0 Å². The lowest BCUT2D eigenvalue weighted by Gasteiger charge is -2.25. The second-order valence-electron chi connectivity index (χ2n) is 13.2. The molecule has 0 aliphatic rings. The average molecular weight is 651 g/mol. The Hall–Kier alpha value is -1.66. The van der Waals surface area contributed by atoms with Gasteiger partial charge in [0.05, 0.1) is 0 Å². The highest BCUT2D eigenvalue weighted by atomic mass is 16.6. The Labute approximate surface area is 284 Å². The topological polar surface area (TPSA) is 93.1 Å². The highest BCUT2D eigenvalue weighted by Gasteiger charge is 2.30. The lowest BCUT2D eigenvalue weighted by Crippen LogP contribution is -2.42. The van der Waals surface area contributed by atoms with Gasteiger partial charge in [-0.15, -0.1) is 0 Å². The van der Waals surface area contributed by atoms with E-state index in [1.54, 1.807) is 0 Å². The lowest BCUT2D eigenvalue weighted by molar-refractivity contribution is -0.200. The Morgan fingerprint density at radius 3 is 1.13 bits per heavy atom. The van der Waals surface area contributed by atoms with Crippen LogP contribution in [-0.4, -0.2) is 40.6 Å². The number of unbranched alkanes of at least 4 members (excludes halogenated alkanes) is 22. The minimum atomic E-state index is -1.90. The molecule has 46 heavy (non-hydrogen) atoms. The zero-order valence-electron chi connectivity index (χ0n) is 30.4. The van der Waals surface area contributed by atoms with E-state index in [2.05, 4.69) is 38.2 Å². The van der Waals surface area contributed by atoms with Gasteiger partial charge in [-0.25, -0.2) is 0 Å². The molecule has 0 aromatic carbocycles. The summed E-state index contributed by atoms with van der Waals surface area (Å²) in [6.07, 6.45) is 36.4. The molecule has 0 aromatic rings. The van der Waals surface area contributed by atoms with Crippen LogP contribution in [0.2, 0.25) is 0 Å². The highest BCUT2D eigenvalue weighted by Crippen LogP contribution is 2.15. The Bertz CT molecular complexity index is 731. The van der Waals surface area contributed by atoms with E-state index >= 15 is 0 Å². The van der Waals surface area contributed by atoms with Crippen molar-refractivity contribution >= 4 is 11.9 Å². The third-order valence-corrected chi connectivity index (χ3v) is 8.63. The van der Waals surface area contributed by atoms with Crippen LogP contribution < -0.4 is 0 Å². The summed E-state index contributed by atoms with van der Waals surface area (Å²) in [4.78, 5) is 24.6. The molecule has 0 aliphatic heterocycles. The van der Waals surface area contributed by atoms with Crippen molar-refractivity contribution in [3.05, 3.63) is 24.3 Å². The van der Waals surface area contributed by atoms with Crippen molar-refractivity contribution in [2.75, 3.05) is 0 Å². The lowest BCUT2D eigenvalue weighted by atomic mass is 10.1. The maximum atomic E-state index is 12.3. The van der Waals surface area contributed by atoms with Crippen LogP contribution in [0.5, 0.6) is 0 Å². The minimum Gasteiger partial charge on any atom is -0.458 e. The van der Waals surface area contributed by atoms with Gasteiger partial charge >= 0.3 is 11.9 Å². The zero-order valence-corrected chi connectivity index (χ0v) is 30.4. The number of aliphatic hydroxyl groups is 2. The second kappa shape index (κ2) is 34.7. The molecule has 0 saturated heterocycles. The van der Waals surface area contributed by atoms with Crippen molar-refractivity contribution in [1.82, 2.24) is 0 Å². The number of aliphatic hydroxyl groups excluding tert-OH is 1. The Balaban J connectivity index is 3.83. The zero-order chi connectivity index (χ0) is 33.9. The molecule has 0 aromatic heterocycles. The van der Waals surface area contributed by atoms with Gasteiger partial charge in [0.1, 0.15) is 6.10 Å². The number of carbonyl (C=O) groups excluding carboxylic acids is 2. The Morgan fingerprint density at radius 2 is 0.783 bits per heavy atom. The third kappa shape index (κ3) is 31.0. The summed E-state index contributed by atoms with van der Waals surface area (Å²) in [6.45, 7) is 6.04. The van der Waals surface area contributed by atoms with E-state index in [9.17, 15) is 19.8 Å². The first-order valence-corrected chi connectivity index (χ1v) is 19.5. The van der Waals surface area contributed by atoms with Crippen LogP contribution in [0.1, 0.15) is 201 Å². The quantitative estimate of drug-likeness (QED) is 0.0311. The number of rotatable bonds is 34. The molecule has 0 radical (unpaired) electrons. The van der Waals surface area contributed by atoms with E-state index in [1.165, 1.54) is 103 Å². The Morgan fingerprint density at radius 1 is 0.478 bits per heavy atom. The van der Waals surface area contributed by atoms with E-state index in [1.807, 2.05) is 0 Å². The molecule has 6 heteroatoms. The van der Waals surface area contributed by atoms with E-state index in [-0.39, 0.29) is 12.8 Å². The van der Waals surface area contributed by atoms with Gasteiger partial charge < -0.3 is 19.7 Å². The first-order chi connectivity index (χ1) is 22.4. The van der Waals surface area contributed by atoms with Crippen LogP contribution in [0.4, 0.5) is 0 Å². The number of ether oxygens (including phenoxy) is 2. The van der Waals surface area contributed by atoms with E-state index < -0.39 is 30.4 Å². The minimum absolute atomic E-state index is 0.219. The Kier molecular flexibility index (Phi) is 33.4. The predicted octanol–water partition coefficient (Wildman–Crippen LogP) is 11.2. The summed E-state index contributed by atoms with van der Waals surface area (Å²) < 4.78 is 10.7. The summed E-state index contributed by atoms with van der Waals surface area (Å²) in [5.74, 6) is -0.889. The van der Waals surface area contributed by atoms with Gasteiger partial charge in [-0.1, -0.05) is 141 Å². The van der Waals surface area contributed by atoms with Gasteiger partial charge in [0.2, 0.25) is 0 Å². The van der Waals surface area contributed by atoms with Gasteiger partial charge in [-0.3, -0.25) is 9.59 Å². The summed E-state index contributed by atoms with van der Waals surface area (Å²) in [7, 11) is 0. The molecule has 2 unspecified atom stereocenters. The predicted molar refractivity (Wildman–Crippen MR) is 193 cm³/mol. The molecule has 0 amide bonds. The molecule has 0 fully saturated rings. The highest BCUT2D eigenvalue weighted by molar-refractivity contribution is 5.70.